The fourth-order valence-corrected chi connectivity index (χ4v) is 3.60. The lowest BCUT2D eigenvalue weighted by Gasteiger charge is -2.19. The highest BCUT2D eigenvalue weighted by molar-refractivity contribution is 5.94. The maximum Gasteiger partial charge on any atom is 0.251 e. The average Bonchev–Trinajstić information content (AvgIpc) is 3.16. The van der Waals surface area contributed by atoms with Gasteiger partial charge in [-0.05, 0) is 36.8 Å². The molecule has 6 nitrogen and oxygen atoms in total. The van der Waals surface area contributed by atoms with Crippen LogP contribution in [0.1, 0.15) is 27.3 Å². The first kappa shape index (κ1) is 21.3. The Bertz CT molecular complexity index is 1230. The molecule has 1 N–H and O–H groups in total. The van der Waals surface area contributed by atoms with Crippen LogP contribution in [-0.2, 0) is 24.4 Å². The minimum atomic E-state index is -0.170. The lowest BCUT2D eigenvalue weighted by Crippen LogP contribution is -2.31. The molecule has 0 aliphatic carbocycles. The van der Waals surface area contributed by atoms with Gasteiger partial charge in [-0.25, -0.2) is 4.98 Å². The molecule has 0 spiro atoms. The Hall–Kier alpha value is -3.93. The molecule has 0 atom stereocenters. The number of hydrogen-bond acceptors (Lipinski definition) is 3. The number of nitrogens with zero attached hydrogens (tertiary/aromatic N) is 3. The van der Waals surface area contributed by atoms with Gasteiger partial charge in [-0.15, -0.1) is 0 Å². The van der Waals surface area contributed by atoms with Crippen molar-refractivity contribution in [1.29, 1.82) is 0 Å². The standard InChI is InChI=1S/C26H26N4O2/c1-19-12-14-21(15-13-19)26(32)27-16-24-28-22-10-6-7-11-23(22)30(24)18-25(31)29(2)17-20-8-4-3-5-9-20/h3-15H,16-18H2,1-2H3,(H,27,32). The molecular formula is C26H26N4O2. The largest absolute Gasteiger partial charge is 0.345 e. The van der Waals surface area contributed by atoms with E-state index in [1.54, 1.807) is 24.1 Å². The first-order valence-electron chi connectivity index (χ1n) is 10.6. The first-order chi connectivity index (χ1) is 15.5. The number of benzene rings is 3. The number of hydrogen-bond donors (Lipinski definition) is 1. The summed E-state index contributed by atoms with van der Waals surface area (Å²) in [4.78, 5) is 31.9. The van der Waals surface area contributed by atoms with Crippen molar-refractivity contribution in [3.8, 4) is 0 Å². The zero-order valence-electron chi connectivity index (χ0n) is 18.3. The predicted octanol–water partition coefficient (Wildman–Crippen LogP) is 3.93. The van der Waals surface area contributed by atoms with Gasteiger partial charge >= 0.3 is 0 Å². The number of likely N-dealkylation sites (N-methyl/N-ethyl adjacent to an activating group) is 1. The molecular weight excluding hydrogens is 400 g/mol. The summed E-state index contributed by atoms with van der Waals surface area (Å²) in [7, 11) is 1.80. The van der Waals surface area contributed by atoms with E-state index in [0.29, 0.717) is 17.9 Å². The van der Waals surface area contributed by atoms with Crippen LogP contribution in [0, 0.1) is 6.92 Å². The van der Waals surface area contributed by atoms with Crippen molar-refractivity contribution in [1.82, 2.24) is 19.8 Å². The summed E-state index contributed by atoms with van der Waals surface area (Å²) < 4.78 is 1.88. The lowest BCUT2D eigenvalue weighted by molar-refractivity contribution is -0.131. The Balaban J connectivity index is 1.51. The highest BCUT2D eigenvalue weighted by Crippen LogP contribution is 2.17. The number of aromatic nitrogens is 2. The van der Waals surface area contributed by atoms with E-state index in [1.807, 2.05) is 78.2 Å². The molecule has 0 unspecified atom stereocenters. The maximum atomic E-state index is 13.0. The molecule has 0 aliphatic heterocycles. The summed E-state index contributed by atoms with van der Waals surface area (Å²) in [5.74, 6) is 0.451. The summed E-state index contributed by atoms with van der Waals surface area (Å²) in [5, 5.41) is 2.93. The van der Waals surface area contributed by atoms with Crippen molar-refractivity contribution in [2.75, 3.05) is 7.05 Å². The van der Waals surface area contributed by atoms with Crippen LogP contribution in [0.2, 0.25) is 0 Å². The molecule has 0 saturated heterocycles. The Kier molecular flexibility index (Phi) is 6.31. The van der Waals surface area contributed by atoms with Crippen LogP contribution in [0.3, 0.4) is 0 Å². The molecule has 2 amide bonds. The van der Waals surface area contributed by atoms with Crippen molar-refractivity contribution in [3.63, 3.8) is 0 Å². The highest BCUT2D eigenvalue weighted by Gasteiger charge is 2.17. The van der Waals surface area contributed by atoms with Gasteiger partial charge in [0.05, 0.1) is 17.6 Å². The Morgan fingerprint density at radius 1 is 0.938 bits per heavy atom. The minimum Gasteiger partial charge on any atom is -0.345 e. The Morgan fingerprint density at radius 3 is 2.38 bits per heavy atom. The quantitative estimate of drug-likeness (QED) is 0.487. The van der Waals surface area contributed by atoms with Gasteiger partial charge in [0, 0.05) is 19.2 Å². The van der Waals surface area contributed by atoms with E-state index >= 15 is 0 Å². The third-order valence-electron chi connectivity index (χ3n) is 5.44. The fourth-order valence-electron chi connectivity index (χ4n) is 3.60. The van der Waals surface area contributed by atoms with E-state index in [1.165, 1.54) is 0 Å². The second-order valence-electron chi connectivity index (χ2n) is 7.89. The van der Waals surface area contributed by atoms with E-state index in [9.17, 15) is 9.59 Å². The maximum absolute atomic E-state index is 13.0. The van der Waals surface area contributed by atoms with Crippen molar-refractivity contribution < 1.29 is 9.59 Å². The monoisotopic (exact) mass is 426 g/mol. The van der Waals surface area contributed by atoms with E-state index in [-0.39, 0.29) is 24.9 Å². The molecule has 0 bridgehead atoms. The second kappa shape index (κ2) is 9.47. The lowest BCUT2D eigenvalue weighted by atomic mass is 10.1. The summed E-state index contributed by atoms with van der Waals surface area (Å²) in [6.07, 6.45) is 0. The number of amides is 2. The molecule has 1 aromatic heterocycles. The van der Waals surface area contributed by atoms with Crippen molar-refractivity contribution in [3.05, 3.63) is 101 Å². The van der Waals surface area contributed by atoms with Gasteiger partial charge in [0.1, 0.15) is 12.4 Å². The van der Waals surface area contributed by atoms with Crippen LogP contribution < -0.4 is 5.32 Å². The number of para-hydroxylation sites is 2. The second-order valence-corrected chi connectivity index (χ2v) is 7.89. The molecule has 4 rings (SSSR count). The van der Waals surface area contributed by atoms with Gasteiger partial charge in [-0.1, -0.05) is 60.2 Å². The molecule has 0 fully saturated rings. The Labute approximate surface area is 187 Å². The minimum absolute atomic E-state index is 0.0249. The fraction of sp³-hybridized carbons (Fsp3) is 0.192. The van der Waals surface area contributed by atoms with Crippen molar-refractivity contribution in [2.24, 2.45) is 0 Å². The van der Waals surface area contributed by atoms with Gasteiger partial charge < -0.3 is 14.8 Å². The van der Waals surface area contributed by atoms with Gasteiger partial charge in [-0.3, -0.25) is 9.59 Å². The molecule has 3 aromatic carbocycles. The van der Waals surface area contributed by atoms with Crippen LogP contribution in [0.25, 0.3) is 11.0 Å². The average molecular weight is 427 g/mol. The number of fused-ring (bicyclic) bond motifs is 1. The first-order valence-corrected chi connectivity index (χ1v) is 10.6. The summed E-state index contributed by atoms with van der Waals surface area (Å²) in [6, 6.07) is 25.0. The number of aryl methyl sites for hydroxylation is 1. The molecule has 0 aliphatic rings. The number of imidazole rings is 1. The molecule has 32 heavy (non-hydrogen) atoms. The van der Waals surface area contributed by atoms with E-state index < -0.39 is 0 Å². The zero-order valence-corrected chi connectivity index (χ0v) is 18.3. The summed E-state index contributed by atoms with van der Waals surface area (Å²) in [5.41, 5.74) is 4.43. The highest BCUT2D eigenvalue weighted by atomic mass is 16.2. The predicted molar refractivity (Wildman–Crippen MR) is 125 cm³/mol. The van der Waals surface area contributed by atoms with Gasteiger partial charge in [0.15, 0.2) is 0 Å². The number of carbonyl (C=O) groups is 2. The van der Waals surface area contributed by atoms with E-state index in [0.717, 1.165) is 22.2 Å². The molecule has 0 radical (unpaired) electrons. The van der Waals surface area contributed by atoms with Crippen molar-refractivity contribution >= 4 is 22.8 Å². The molecule has 4 aromatic rings. The zero-order chi connectivity index (χ0) is 22.5. The normalized spacial score (nSPS) is 10.8. The van der Waals surface area contributed by atoms with Crippen LogP contribution in [-0.4, -0.2) is 33.3 Å². The molecule has 6 heteroatoms. The van der Waals surface area contributed by atoms with Crippen LogP contribution >= 0.6 is 0 Å². The smallest absolute Gasteiger partial charge is 0.251 e. The number of nitrogens with one attached hydrogen (secondary N) is 1. The van der Waals surface area contributed by atoms with Crippen LogP contribution in [0.4, 0.5) is 0 Å². The van der Waals surface area contributed by atoms with Crippen LogP contribution in [0.15, 0.2) is 78.9 Å². The number of carbonyl (C=O) groups excluding carboxylic acids is 2. The van der Waals surface area contributed by atoms with Crippen molar-refractivity contribution in [2.45, 2.75) is 26.6 Å². The Morgan fingerprint density at radius 2 is 1.62 bits per heavy atom. The summed E-state index contributed by atoms with van der Waals surface area (Å²) in [6.45, 7) is 2.90. The molecule has 0 saturated carbocycles. The molecule has 1 heterocycles. The van der Waals surface area contributed by atoms with Crippen LogP contribution in [0.5, 0.6) is 0 Å². The third kappa shape index (κ3) is 4.86. The van der Waals surface area contributed by atoms with E-state index in [2.05, 4.69) is 10.3 Å². The van der Waals surface area contributed by atoms with E-state index in [4.69, 9.17) is 0 Å². The number of rotatable bonds is 7. The topological polar surface area (TPSA) is 67.2 Å². The SMILES string of the molecule is Cc1ccc(C(=O)NCc2nc3ccccc3n2CC(=O)N(C)Cc2ccccc2)cc1. The van der Waals surface area contributed by atoms with Gasteiger partial charge in [0.25, 0.3) is 5.91 Å². The van der Waals surface area contributed by atoms with Gasteiger partial charge in [-0.2, -0.15) is 0 Å². The summed E-state index contributed by atoms with van der Waals surface area (Å²) >= 11 is 0. The molecule has 162 valence electrons. The third-order valence-corrected chi connectivity index (χ3v) is 5.44. The van der Waals surface area contributed by atoms with Gasteiger partial charge in [0.2, 0.25) is 5.91 Å².